The lowest BCUT2D eigenvalue weighted by Crippen LogP contribution is -2.26. The number of halogens is 1. The van der Waals surface area contributed by atoms with E-state index in [1.165, 1.54) is 0 Å². The van der Waals surface area contributed by atoms with E-state index in [9.17, 15) is 0 Å². The number of nitrogens with one attached hydrogen (secondary N) is 1. The van der Waals surface area contributed by atoms with Crippen molar-refractivity contribution in [1.29, 1.82) is 0 Å². The van der Waals surface area contributed by atoms with E-state index in [1.807, 2.05) is 30.3 Å². The van der Waals surface area contributed by atoms with Crippen molar-refractivity contribution in [2.75, 3.05) is 12.0 Å². The quantitative estimate of drug-likeness (QED) is 0.434. The highest BCUT2D eigenvalue weighted by molar-refractivity contribution is 6.01. The second kappa shape index (κ2) is 7.49. The van der Waals surface area contributed by atoms with E-state index >= 15 is 0 Å². The molecule has 0 aliphatic rings. The maximum absolute atomic E-state index is 5.28. The average Bonchev–Trinajstić information content (AvgIpc) is 2.18. The summed E-state index contributed by atoms with van der Waals surface area (Å²) in [7, 11) is 0. The Morgan fingerprint density at radius 3 is 2.31 bits per heavy atom. The second-order valence-corrected chi connectivity index (χ2v) is 2.69. The van der Waals surface area contributed by atoms with Crippen LogP contribution < -0.4 is 22.5 Å². The Balaban J connectivity index is 0.00000225. The van der Waals surface area contributed by atoms with Crippen LogP contribution in [0.3, 0.4) is 0 Å². The molecule has 16 heavy (non-hydrogen) atoms. The molecule has 0 fully saturated rings. The fourth-order valence-corrected chi connectivity index (χ4v) is 0.962. The number of para-hydroxylation sites is 1. The van der Waals surface area contributed by atoms with Gasteiger partial charge in [-0.1, -0.05) is 18.2 Å². The van der Waals surface area contributed by atoms with Crippen LogP contribution in [0.4, 0.5) is 5.69 Å². The predicted molar refractivity (Wildman–Crippen MR) is 69.6 cm³/mol. The molecule has 0 unspecified atom stereocenters. The van der Waals surface area contributed by atoms with Crippen molar-refractivity contribution in [3.05, 3.63) is 30.3 Å². The van der Waals surface area contributed by atoms with Crippen molar-refractivity contribution in [2.45, 2.75) is 0 Å². The highest BCUT2D eigenvalue weighted by Gasteiger charge is 1.97. The molecule has 0 saturated heterocycles. The summed E-state index contributed by atoms with van der Waals surface area (Å²) in [4.78, 5) is 7.69. The molecule has 0 bridgehead atoms. The molecule has 0 spiro atoms. The van der Waals surface area contributed by atoms with Crippen LogP contribution in [0.5, 0.6) is 0 Å². The fraction of sp³-hybridized carbons (Fsp3) is 0.111. The van der Waals surface area contributed by atoms with Crippen molar-refractivity contribution in [2.24, 2.45) is 27.2 Å². The second-order valence-electron chi connectivity index (χ2n) is 2.69. The van der Waals surface area contributed by atoms with E-state index in [4.69, 9.17) is 17.2 Å². The standard InChI is InChI=1S/C9H14N6.ClH/c10-6-13-9(15-8(11)12)14-7-4-2-1-3-5-7;/h1-5H,6,10H2,(H5,11,12,13,14,15);1H. The van der Waals surface area contributed by atoms with Gasteiger partial charge in [0.05, 0.1) is 6.67 Å². The first kappa shape index (κ1) is 14.2. The Labute approximate surface area is 100 Å². The van der Waals surface area contributed by atoms with E-state index in [1.54, 1.807) is 0 Å². The molecule has 0 saturated carbocycles. The van der Waals surface area contributed by atoms with Gasteiger partial charge in [-0.25, -0.2) is 4.99 Å². The molecule has 0 aliphatic heterocycles. The number of rotatable bonds is 2. The van der Waals surface area contributed by atoms with Gasteiger partial charge in [-0.2, -0.15) is 4.99 Å². The minimum absolute atomic E-state index is 0. The van der Waals surface area contributed by atoms with Gasteiger partial charge < -0.3 is 22.5 Å². The van der Waals surface area contributed by atoms with Crippen molar-refractivity contribution in [3.8, 4) is 0 Å². The molecule has 0 radical (unpaired) electrons. The summed E-state index contributed by atoms with van der Waals surface area (Å²) in [5.41, 5.74) is 16.6. The summed E-state index contributed by atoms with van der Waals surface area (Å²) < 4.78 is 0. The van der Waals surface area contributed by atoms with Crippen molar-refractivity contribution >= 4 is 30.0 Å². The molecular formula is C9H15ClN6. The number of nitrogens with zero attached hydrogens (tertiary/aromatic N) is 2. The van der Waals surface area contributed by atoms with E-state index in [0.717, 1.165) is 5.69 Å². The van der Waals surface area contributed by atoms with Crippen LogP contribution in [0.15, 0.2) is 40.3 Å². The molecule has 6 nitrogen and oxygen atoms in total. The number of nitrogens with two attached hydrogens (primary N) is 3. The lowest BCUT2D eigenvalue weighted by molar-refractivity contribution is 1.06. The average molecular weight is 243 g/mol. The minimum atomic E-state index is -0.0642. The van der Waals surface area contributed by atoms with Gasteiger partial charge in [0, 0.05) is 5.69 Å². The van der Waals surface area contributed by atoms with E-state index in [0.29, 0.717) is 5.96 Å². The van der Waals surface area contributed by atoms with E-state index in [-0.39, 0.29) is 25.0 Å². The van der Waals surface area contributed by atoms with Gasteiger partial charge in [0.15, 0.2) is 5.96 Å². The Kier molecular flexibility index (Phi) is 6.66. The molecule has 7 heteroatoms. The molecule has 7 N–H and O–H groups in total. The van der Waals surface area contributed by atoms with Crippen LogP contribution in [-0.2, 0) is 0 Å². The molecule has 1 aromatic rings. The summed E-state index contributed by atoms with van der Waals surface area (Å²) in [6, 6.07) is 9.42. The highest BCUT2D eigenvalue weighted by atomic mass is 35.5. The van der Waals surface area contributed by atoms with Gasteiger partial charge in [0.25, 0.3) is 0 Å². The maximum Gasteiger partial charge on any atom is 0.227 e. The van der Waals surface area contributed by atoms with Crippen molar-refractivity contribution < 1.29 is 0 Å². The molecule has 0 amide bonds. The first-order valence-electron chi connectivity index (χ1n) is 4.38. The van der Waals surface area contributed by atoms with Gasteiger partial charge >= 0.3 is 0 Å². The van der Waals surface area contributed by atoms with Crippen LogP contribution in [0.25, 0.3) is 0 Å². The third-order valence-electron chi connectivity index (χ3n) is 1.51. The minimum Gasteiger partial charge on any atom is -0.370 e. The van der Waals surface area contributed by atoms with Crippen LogP contribution in [0, 0.1) is 0 Å². The number of guanidine groups is 2. The third kappa shape index (κ3) is 5.18. The Morgan fingerprint density at radius 2 is 1.81 bits per heavy atom. The lowest BCUT2D eigenvalue weighted by atomic mass is 10.3. The van der Waals surface area contributed by atoms with E-state index < -0.39 is 0 Å². The first-order valence-corrected chi connectivity index (χ1v) is 4.38. The molecule has 88 valence electrons. The first-order chi connectivity index (χ1) is 7.22. The normalized spacial score (nSPS) is 10.2. The smallest absolute Gasteiger partial charge is 0.227 e. The monoisotopic (exact) mass is 242 g/mol. The largest absolute Gasteiger partial charge is 0.370 e. The molecule has 1 rings (SSSR count). The summed E-state index contributed by atoms with van der Waals surface area (Å²) >= 11 is 0. The van der Waals surface area contributed by atoms with Gasteiger partial charge in [-0.3, -0.25) is 0 Å². The number of hydrogen-bond donors (Lipinski definition) is 4. The Morgan fingerprint density at radius 1 is 1.19 bits per heavy atom. The zero-order valence-corrected chi connectivity index (χ0v) is 9.45. The van der Waals surface area contributed by atoms with Crippen LogP contribution in [0.1, 0.15) is 0 Å². The summed E-state index contributed by atoms with van der Waals surface area (Å²) in [6.07, 6.45) is 0. The maximum atomic E-state index is 5.28. The number of aliphatic imine (C=N–C) groups is 2. The third-order valence-corrected chi connectivity index (χ3v) is 1.51. The van der Waals surface area contributed by atoms with Gasteiger partial charge in [-0.15, -0.1) is 12.4 Å². The lowest BCUT2D eigenvalue weighted by Gasteiger charge is -2.05. The summed E-state index contributed by atoms with van der Waals surface area (Å²) in [5.74, 6) is 0.231. The topological polar surface area (TPSA) is 115 Å². The fourth-order valence-electron chi connectivity index (χ4n) is 0.962. The number of hydrogen-bond acceptors (Lipinski definition) is 2. The van der Waals surface area contributed by atoms with Crippen LogP contribution in [0.2, 0.25) is 0 Å². The number of anilines is 1. The molecule has 0 aromatic heterocycles. The van der Waals surface area contributed by atoms with Crippen molar-refractivity contribution in [1.82, 2.24) is 0 Å². The predicted octanol–water partition coefficient (Wildman–Crippen LogP) is 0.0659. The summed E-state index contributed by atoms with van der Waals surface area (Å²) in [5, 5.41) is 2.93. The van der Waals surface area contributed by atoms with Gasteiger partial charge in [0.2, 0.25) is 5.96 Å². The number of benzene rings is 1. The van der Waals surface area contributed by atoms with Crippen molar-refractivity contribution in [3.63, 3.8) is 0 Å². The molecule has 0 heterocycles. The van der Waals surface area contributed by atoms with Crippen LogP contribution in [-0.4, -0.2) is 18.6 Å². The molecule has 0 aliphatic carbocycles. The zero-order chi connectivity index (χ0) is 11.1. The summed E-state index contributed by atoms with van der Waals surface area (Å²) in [6.45, 7) is 0.117. The molecule has 0 atom stereocenters. The zero-order valence-electron chi connectivity index (χ0n) is 8.63. The SMILES string of the molecule is Cl.NCN=C(N=C(N)N)Nc1ccccc1. The van der Waals surface area contributed by atoms with Crippen LogP contribution >= 0.6 is 12.4 Å². The Hall–Kier alpha value is -1.79. The van der Waals surface area contributed by atoms with E-state index in [2.05, 4.69) is 15.3 Å². The Bertz CT molecular complexity index is 358. The molecular weight excluding hydrogens is 228 g/mol. The molecule has 1 aromatic carbocycles. The van der Waals surface area contributed by atoms with Gasteiger partial charge in [0.1, 0.15) is 0 Å². The highest BCUT2D eigenvalue weighted by Crippen LogP contribution is 2.05. The van der Waals surface area contributed by atoms with Gasteiger partial charge in [-0.05, 0) is 12.1 Å².